The Morgan fingerprint density at radius 2 is 1.24 bits per heavy atom. The summed E-state index contributed by atoms with van der Waals surface area (Å²) in [5.41, 5.74) is 15.8. The van der Waals surface area contributed by atoms with Crippen LogP contribution in [0.15, 0.2) is 224 Å². The topological polar surface area (TPSA) is 11.4 Å². The summed E-state index contributed by atoms with van der Waals surface area (Å²) in [5, 5.41) is 2.53. The monoisotopic (exact) mass is 745 g/mol. The summed E-state index contributed by atoms with van der Waals surface area (Å²) >= 11 is 0. The van der Waals surface area contributed by atoms with E-state index >= 15 is 0 Å². The second-order valence-electron chi connectivity index (χ2n) is 15.9. The molecule has 1 aliphatic heterocycles. The minimum atomic E-state index is -0.276. The molecule has 3 aliphatic rings. The highest BCUT2D eigenvalue weighted by Gasteiger charge is 2.46. The van der Waals surface area contributed by atoms with Crippen LogP contribution in [-0.2, 0) is 5.41 Å². The molecule has 2 atom stereocenters. The fraction of sp³-hybridized carbons (Fsp3) is 0.0909. The Bertz CT molecular complexity index is 2950. The van der Waals surface area contributed by atoms with Gasteiger partial charge in [-0.25, -0.2) is 0 Å². The van der Waals surface area contributed by atoms with E-state index in [0.717, 1.165) is 29.9 Å². The third kappa shape index (κ3) is 5.49. The maximum Gasteiger partial charge on any atom is 0.0544 e. The molecule has 2 heterocycles. The van der Waals surface area contributed by atoms with E-state index in [-0.39, 0.29) is 11.3 Å². The maximum absolute atomic E-state index is 2.46. The predicted octanol–water partition coefficient (Wildman–Crippen LogP) is 14.5. The van der Waals surface area contributed by atoms with Crippen LogP contribution in [0.3, 0.4) is 0 Å². The molecular weight excluding hydrogens is 703 g/mol. The molecule has 58 heavy (non-hydrogen) atoms. The van der Waals surface area contributed by atoms with E-state index in [2.05, 4.69) is 234 Å². The molecule has 0 N–H and O–H groups in total. The zero-order valence-electron chi connectivity index (χ0n) is 32.5. The first-order valence-electron chi connectivity index (χ1n) is 20.4. The molecule has 7 aromatic carbocycles. The van der Waals surface area contributed by atoms with Crippen molar-refractivity contribution in [3.05, 3.63) is 235 Å². The van der Waals surface area contributed by atoms with Crippen LogP contribution in [0.5, 0.6) is 0 Å². The first-order chi connectivity index (χ1) is 28.7. The minimum Gasteiger partial charge on any atom is -0.314 e. The normalized spacial score (nSPS) is 18.2. The van der Waals surface area contributed by atoms with Gasteiger partial charge in [0.25, 0.3) is 0 Å². The van der Waals surface area contributed by atoms with Gasteiger partial charge in [-0.05, 0) is 114 Å². The van der Waals surface area contributed by atoms with Crippen LogP contribution >= 0.6 is 0 Å². The van der Waals surface area contributed by atoms with E-state index in [1.165, 1.54) is 66.8 Å². The van der Waals surface area contributed by atoms with Crippen LogP contribution in [-0.4, -0.2) is 4.57 Å². The summed E-state index contributed by atoms with van der Waals surface area (Å²) in [5.74, 6) is 0.167. The molecular formula is C55H43N3. The second-order valence-corrected chi connectivity index (χ2v) is 15.9. The fourth-order valence-electron chi connectivity index (χ4n) is 9.76. The van der Waals surface area contributed by atoms with Crippen LogP contribution in [0.4, 0.5) is 22.7 Å². The summed E-state index contributed by atoms with van der Waals surface area (Å²) in [6, 6.07) is 64.6. The maximum atomic E-state index is 2.46. The minimum absolute atomic E-state index is 0.167. The fourth-order valence-corrected chi connectivity index (χ4v) is 9.76. The highest BCUT2D eigenvalue weighted by Crippen LogP contribution is 2.57. The van der Waals surface area contributed by atoms with Gasteiger partial charge in [0.1, 0.15) is 0 Å². The third-order valence-electron chi connectivity index (χ3n) is 12.5. The van der Waals surface area contributed by atoms with Crippen LogP contribution < -0.4 is 9.80 Å². The van der Waals surface area contributed by atoms with Crippen LogP contribution in [0, 0.1) is 0 Å². The van der Waals surface area contributed by atoms with Gasteiger partial charge in [0.2, 0.25) is 0 Å². The molecule has 2 aliphatic carbocycles. The highest BCUT2D eigenvalue weighted by molar-refractivity contribution is 6.09. The molecule has 0 saturated carbocycles. The number of hydrogen-bond acceptors (Lipinski definition) is 2. The summed E-state index contributed by atoms with van der Waals surface area (Å²) in [4.78, 5) is 4.88. The number of para-hydroxylation sites is 3. The number of anilines is 4. The number of aromatic nitrogens is 1. The molecule has 3 heteroatoms. The van der Waals surface area contributed by atoms with Gasteiger partial charge < -0.3 is 14.4 Å². The van der Waals surface area contributed by atoms with E-state index in [9.17, 15) is 0 Å². The average molecular weight is 746 g/mol. The summed E-state index contributed by atoms with van der Waals surface area (Å²) < 4.78 is 2.46. The number of nitrogens with zero attached hydrogens (tertiary/aromatic N) is 3. The lowest BCUT2D eigenvalue weighted by molar-refractivity contribution is 0.513. The van der Waals surface area contributed by atoms with Gasteiger partial charge in [-0.15, -0.1) is 0 Å². The Morgan fingerprint density at radius 1 is 0.569 bits per heavy atom. The van der Waals surface area contributed by atoms with Crippen LogP contribution in [0.25, 0.3) is 38.6 Å². The number of hydrogen-bond donors (Lipinski definition) is 0. The molecule has 2 unspecified atom stereocenters. The van der Waals surface area contributed by atoms with Crippen molar-refractivity contribution in [3.63, 3.8) is 0 Å². The predicted molar refractivity (Wildman–Crippen MR) is 244 cm³/mol. The van der Waals surface area contributed by atoms with Crippen molar-refractivity contribution in [1.29, 1.82) is 0 Å². The number of allylic oxidation sites excluding steroid dienone is 8. The Kier molecular flexibility index (Phi) is 8.15. The lowest BCUT2D eigenvalue weighted by Crippen LogP contribution is -2.32. The largest absolute Gasteiger partial charge is 0.314 e. The van der Waals surface area contributed by atoms with Crippen molar-refractivity contribution in [3.8, 4) is 16.8 Å². The molecule has 8 aromatic rings. The third-order valence-corrected chi connectivity index (χ3v) is 12.5. The molecule has 0 saturated heterocycles. The Morgan fingerprint density at radius 3 is 2.02 bits per heavy atom. The van der Waals surface area contributed by atoms with Crippen molar-refractivity contribution in [2.24, 2.45) is 0 Å². The van der Waals surface area contributed by atoms with Gasteiger partial charge in [0.05, 0.1) is 11.0 Å². The van der Waals surface area contributed by atoms with Crippen molar-refractivity contribution in [2.45, 2.75) is 31.1 Å². The van der Waals surface area contributed by atoms with Gasteiger partial charge in [0.15, 0.2) is 0 Å². The summed E-state index contributed by atoms with van der Waals surface area (Å²) in [6.45, 7) is 2.42. The second kappa shape index (κ2) is 13.8. The molecule has 0 amide bonds. The lowest BCUT2D eigenvalue weighted by atomic mass is 9.66. The van der Waals surface area contributed by atoms with Crippen LogP contribution in [0.2, 0.25) is 0 Å². The van der Waals surface area contributed by atoms with Crippen molar-refractivity contribution in [2.75, 3.05) is 9.80 Å². The standard InChI is InChI=1S/C55H43N3/c1-55(37-15-26-52-54(55)49-23-12-14-25-51(49)57(52)43-20-9-4-10-21-43)41-29-36-48-47-22-11-13-24-50(47)58(53(48)38-41)46-34-32-45(33-35-46)56(42-18-7-3-8-19-42)44-30-27-40(28-31-44)39-16-5-2-6-17-39/h2-7,9-18,20-38,54H,8,19H2,1H3. The van der Waals surface area contributed by atoms with Crippen molar-refractivity contribution >= 4 is 44.6 Å². The first kappa shape index (κ1) is 34.2. The van der Waals surface area contributed by atoms with Gasteiger partial charge in [-0.2, -0.15) is 0 Å². The smallest absolute Gasteiger partial charge is 0.0544 e. The zero-order valence-corrected chi connectivity index (χ0v) is 32.5. The molecule has 278 valence electrons. The van der Waals surface area contributed by atoms with E-state index in [1.807, 2.05) is 0 Å². The van der Waals surface area contributed by atoms with Gasteiger partial charge in [0, 0.05) is 61.9 Å². The van der Waals surface area contributed by atoms with E-state index < -0.39 is 0 Å². The van der Waals surface area contributed by atoms with Gasteiger partial charge >= 0.3 is 0 Å². The summed E-state index contributed by atoms with van der Waals surface area (Å²) in [7, 11) is 0. The Hall–Kier alpha value is -7.10. The average Bonchev–Trinajstić information content (AvgIpc) is 3.82. The first-order valence-corrected chi connectivity index (χ1v) is 20.4. The lowest BCUT2D eigenvalue weighted by Gasteiger charge is -2.38. The van der Waals surface area contributed by atoms with E-state index in [1.54, 1.807) is 0 Å². The molecule has 3 nitrogen and oxygen atoms in total. The Labute approximate surface area is 340 Å². The number of fused-ring (bicyclic) bond motifs is 6. The molecule has 0 spiro atoms. The number of benzene rings is 7. The van der Waals surface area contributed by atoms with Gasteiger partial charge in [-0.1, -0.05) is 140 Å². The molecule has 0 fully saturated rings. The quantitative estimate of drug-likeness (QED) is 0.161. The van der Waals surface area contributed by atoms with Crippen LogP contribution in [0.1, 0.15) is 36.8 Å². The SMILES string of the molecule is CC1(c2ccc3c4ccccc4n(-c4ccc(N(C5=CC=CCC5)c5ccc(-c6ccccc6)cc5)cc4)c3c2)C=CC=C2C1c1ccccc1N2c1ccccc1. The molecule has 0 bridgehead atoms. The van der Waals surface area contributed by atoms with Crippen molar-refractivity contribution < 1.29 is 0 Å². The van der Waals surface area contributed by atoms with Crippen molar-refractivity contribution in [1.82, 2.24) is 4.57 Å². The van der Waals surface area contributed by atoms with Gasteiger partial charge in [-0.3, -0.25) is 0 Å². The summed E-state index contributed by atoms with van der Waals surface area (Å²) in [6.07, 6.45) is 15.7. The Balaban J connectivity index is 1.01. The molecule has 1 aromatic heterocycles. The molecule has 11 rings (SSSR count). The van der Waals surface area contributed by atoms with E-state index in [4.69, 9.17) is 0 Å². The van der Waals surface area contributed by atoms with E-state index in [0.29, 0.717) is 0 Å². The number of rotatable bonds is 7. The highest BCUT2D eigenvalue weighted by atomic mass is 15.2. The zero-order chi connectivity index (χ0) is 38.6. The molecule has 0 radical (unpaired) electrons.